The van der Waals surface area contributed by atoms with Crippen molar-refractivity contribution in [3.05, 3.63) is 235 Å². The molecule has 0 N–H and O–H groups in total. The van der Waals surface area contributed by atoms with Gasteiger partial charge in [0.05, 0.1) is 16.8 Å². The highest BCUT2D eigenvalue weighted by molar-refractivity contribution is 6.06. The van der Waals surface area contributed by atoms with Crippen molar-refractivity contribution in [2.24, 2.45) is 0 Å². The van der Waals surface area contributed by atoms with Crippen molar-refractivity contribution in [3.8, 4) is 55.9 Å². The fourth-order valence-electron chi connectivity index (χ4n) is 9.05. The summed E-state index contributed by atoms with van der Waals surface area (Å²) in [5, 5.41) is 2.23. The molecule has 2 heterocycles. The summed E-state index contributed by atoms with van der Waals surface area (Å²) in [7, 11) is 0. The molecule has 0 fully saturated rings. The molecule has 8 aromatic carbocycles. The van der Waals surface area contributed by atoms with Gasteiger partial charge in [-0.15, -0.1) is 0 Å². The quantitative estimate of drug-likeness (QED) is 0.171. The number of rotatable bonds is 6. The molecule has 0 bridgehead atoms. The van der Waals surface area contributed by atoms with E-state index in [-0.39, 0.29) is 0 Å². The Morgan fingerprint density at radius 3 is 1.64 bits per heavy atom. The van der Waals surface area contributed by atoms with Gasteiger partial charge in [-0.25, -0.2) is 4.98 Å². The molecule has 11 rings (SSSR count). The summed E-state index contributed by atoms with van der Waals surface area (Å²) < 4.78 is 6.50. The van der Waals surface area contributed by atoms with Gasteiger partial charge in [-0.05, 0) is 98.1 Å². The van der Waals surface area contributed by atoms with E-state index in [2.05, 4.69) is 200 Å². The molecule has 0 saturated carbocycles. The van der Waals surface area contributed by atoms with Crippen LogP contribution in [-0.4, -0.2) is 4.98 Å². The summed E-state index contributed by atoms with van der Waals surface area (Å²) >= 11 is 0. The van der Waals surface area contributed by atoms with Crippen LogP contribution in [0.15, 0.2) is 217 Å². The van der Waals surface area contributed by atoms with Crippen molar-refractivity contribution in [2.45, 2.75) is 5.41 Å². The minimum Gasteiger partial charge on any atom is -0.456 e. The van der Waals surface area contributed by atoms with Crippen LogP contribution in [0.25, 0.3) is 77.8 Å². The minimum absolute atomic E-state index is 0.552. The third-order valence-corrected chi connectivity index (χ3v) is 11.6. The second-order valence-electron chi connectivity index (χ2n) is 14.6. The minimum atomic E-state index is -0.552. The molecule has 0 atom stereocenters. The molecular weight excluding hydrogens is 679 g/mol. The summed E-state index contributed by atoms with van der Waals surface area (Å²) in [5.41, 5.74) is 17.1. The van der Waals surface area contributed by atoms with Crippen LogP contribution in [-0.2, 0) is 5.41 Å². The zero-order chi connectivity index (χ0) is 37.1. The highest BCUT2D eigenvalue weighted by Crippen LogP contribution is 2.58. The van der Waals surface area contributed by atoms with Gasteiger partial charge in [0.15, 0.2) is 0 Å². The van der Waals surface area contributed by atoms with Gasteiger partial charge in [0.25, 0.3) is 0 Å². The van der Waals surface area contributed by atoms with E-state index < -0.39 is 5.41 Å². The molecule has 0 spiro atoms. The van der Waals surface area contributed by atoms with Gasteiger partial charge in [-0.3, -0.25) is 0 Å². The molecule has 0 amide bonds. The maximum absolute atomic E-state index is 6.50. The Labute approximate surface area is 326 Å². The van der Waals surface area contributed by atoms with Crippen LogP contribution >= 0.6 is 0 Å². The van der Waals surface area contributed by atoms with Crippen molar-refractivity contribution in [3.63, 3.8) is 0 Å². The number of para-hydroxylation sites is 1. The van der Waals surface area contributed by atoms with Crippen LogP contribution in [0.1, 0.15) is 22.3 Å². The summed E-state index contributed by atoms with van der Waals surface area (Å²) in [6, 6.07) is 76.4. The van der Waals surface area contributed by atoms with E-state index in [0.29, 0.717) is 0 Å². The van der Waals surface area contributed by atoms with Gasteiger partial charge < -0.3 is 4.42 Å². The van der Waals surface area contributed by atoms with E-state index in [1.54, 1.807) is 0 Å². The standard InChI is InChI=1S/C54H35NO/c1-5-17-36(18-6-1)39-31-50(37-19-7-2-8-20-37)55-51(32-39)47-35-49-46(34-45(47)38-29-30-44-43-26-14-16-28-52(43)56-53(44)33-38)42-25-13-15-27-48(42)54(49,40-21-9-3-10-22-40)41-23-11-4-12-24-41/h1-35H. The van der Waals surface area contributed by atoms with Crippen LogP contribution in [0.3, 0.4) is 0 Å². The van der Waals surface area contributed by atoms with Crippen LogP contribution in [0.2, 0.25) is 0 Å². The molecule has 56 heavy (non-hydrogen) atoms. The Hall–Kier alpha value is -7.29. The lowest BCUT2D eigenvalue weighted by atomic mass is 9.67. The first-order valence-electron chi connectivity index (χ1n) is 19.2. The lowest BCUT2D eigenvalue weighted by Gasteiger charge is -2.34. The van der Waals surface area contributed by atoms with Crippen LogP contribution in [0, 0.1) is 0 Å². The number of hydrogen-bond acceptors (Lipinski definition) is 2. The summed E-state index contributed by atoms with van der Waals surface area (Å²) in [6.45, 7) is 0. The van der Waals surface area contributed by atoms with E-state index in [1.165, 1.54) is 33.4 Å². The van der Waals surface area contributed by atoms with Crippen molar-refractivity contribution in [2.75, 3.05) is 0 Å². The zero-order valence-electron chi connectivity index (χ0n) is 30.6. The molecule has 2 aromatic heterocycles. The first-order valence-corrected chi connectivity index (χ1v) is 19.2. The van der Waals surface area contributed by atoms with Gasteiger partial charge in [0.1, 0.15) is 11.2 Å². The smallest absolute Gasteiger partial charge is 0.136 e. The summed E-state index contributed by atoms with van der Waals surface area (Å²) in [6.07, 6.45) is 0. The molecule has 10 aromatic rings. The monoisotopic (exact) mass is 713 g/mol. The Bertz CT molecular complexity index is 2960. The molecule has 2 nitrogen and oxygen atoms in total. The third-order valence-electron chi connectivity index (χ3n) is 11.6. The largest absolute Gasteiger partial charge is 0.456 e. The lowest BCUT2D eigenvalue weighted by Crippen LogP contribution is -2.28. The zero-order valence-corrected chi connectivity index (χ0v) is 30.6. The van der Waals surface area contributed by atoms with E-state index >= 15 is 0 Å². The fraction of sp³-hybridized carbons (Fsp3) is 0.0185. The number of furan rings is 1. The lowest BCUT2D eigenvalue weighted by molar-refractivity contribution is 0.669. The normalized spacial score (nSPS) is 12.8. The van der Waals surface area contributed by atoms with Crippen LogP contribution in [0.5, 0.6) is 0 Å². The average Bonchev–Trinajstić information content (AvgIpc) is 3.80. The molecular formula is C54H35NO. The summed E-state index contributed by atoms with van der Waals surface area (Å²) in [5.74, 6) is 0. The number of fused-ring (bicyclic) bond motifs is 6. The Morgan fingerprint density at radius 1 is 0.321 bits per heavy atom. The van der Waals surface area contributed by atoms with Crippen LogP contribution < -0.4 is 0 Å². The predicted octanol–water partition coefficient (Wildman–Crippen LogP) is 14.0. The number of pyridine rings is 1. The highest BCUT2D eigenvalue weighted by atomic mass is 16.3. The topological polar surface area (TPSA) is 26.0 Å². The van der Waals surface area contributed by atoms with Crippen molar-refractivity contribution >= 4 is 21.9 Å². The molecule has 0 unspecified atom stereocenters. The average molecular weight is 714 g/mol. The fourth-order valence-corrected chi connectivity index (χ4v) is 9.05. The summed E-state index contributed by atoms with van der Waals surface area (Å²) in [4.78, 5) is 5.53. The predicted molar refractivity (Wildman–Crippen MR) is 231 cm³/mol. The van der Waals surface area contributed by atoms with Gasteiger partial charge in [-0.1, -0.05) is 170 Å². The Morgan fingerprint density at radius 2 is 0.911 bits per heavy atom. The first-order chi connectivity index (χ1) is 27.8. The first kappa shape index (κ1) is 32.2. The maximum atomic E-state index is 6.50. The number of nitrogens with zero attached hydrogens (tertiary/aromatic N) is 1. The van der Waals surface area contributed by atoms with E-state index in [1.807, 2.05) is 12.1 Å². The van der Waals surface area contributed by atoms with Crippen molar-refractivity contribution < 1.29 is 4.42 Å². The SMILES string of the molecule is c1ccc(-c2cc(-c3ccccc3)nc(-c3cc4c(cc3-c3ccc5c(c3)oc3ccccc35)-c3ccccc3C4(c3ccccc3)c3ccccc3)c2)cc1. The van der Waals surface area contributed by atoms with Crippen LogP contribution in [0.4, 0.5) is 0 Å². The van der Waals surface area contributed by atoms with E-state index in [0.717, 1.165) is 66.7 Å². The molecule has 0 radical (unpaired) electrons. The van der Waals surface area contributed by atoms with Gasteiger partial charge in [0, 0.05) is 21.9 Å². The third kappa shape index (κ3) is 5.00. The number of aromatic nitrogens is 1. The molecule has 0 aliphatic heterocycles. The molecule has 1 aliphatic rings. The number of benzene rings is 8. The molecule has 2 heteroatoms. The second kappa shape index (κ2) is 12.9. The van der Waals surface area contributed by atoms with Gasteiger partial charge in [-0.2, -0.15) is 0 Å². The van der Waals surface area contributed by atoms with Gasteiger partial charge in [0.2, 0.25) is 0 Å². The van der Waals surface area contributed by atoms with Crippen molar-refractivity contribution in [1.29, 1.82) is 0 Å². The Balaban J connectivity index is 1.26. The number of hydrogen-bond donors (Lipinski definition) is 0. The van der Waals surface area contributed by atoms with Crippen molar-refractivity contribution in [1.82, 2.24) is 4.98 Å². The van der Waals surface area contributed by atoms with E-state index in [4.69, 9.17) is 9.40 Å². The Kier molecular flexibility index (Phi) is 7.43. The highest BCUT2D eigenvalue weighted by Gasteiger charge is 2.46. The molecule has 1 aliphatic carbocycles. The maximum Gasteiger partial charge on any atom is 0.136 e. The molecule has 0 saturated heterocycles. The van der Waals surface area contributed by atoms with E-state index in [9.17, 15) is 0 Å². The second-order valence-corrected chi connectivity index (χ2v) is 14.6. The molecule has 262 valence electrons. The van der Waals surface area contributed by atoms with Gasteiger partial charge >= 0.3 is 0 Å².